The van der Waals surface area contributed by atoms with Gasteiger partial charge in [0.05, 0.1) is 34.6 Å². The van der Waals surface area contributed by atoms with Gasteiger partial charge in [0, 0.05) is 70.9 Å². The third-order valence-corrected chi connectivity index (χ3v) is 9.25. The highest BCUT2D eigenvalue weighted by atomic mass is 35.5. The van der Waals surface area contributed by atoms with Crippen molar-refractivity contribution in [2.45, 2.75) is 19.0 Å². The lowest BCUT2D eigenvalue weighted by Gasteiger charge is -2.37. The Hall–Kier alpha value is -5.07. The second-order valence-electron chi connectivity index (χ2n) is 12.3. The molecule has 0 atom stereocenters. The molecule has 2 saturated heterocycles. The first-order valence-corrected chi connectivity index (χ1v) is 17.0. The van der Waals surface area contributed by atoms with Crippen LogP contribution in [0, 0.1) is 5.92 Å². The Morgan fingerprint density at radius 3 is 2.48 bits per heavy atom. The molecule has 2 aliphatic heterocycles. The topological polar surface area (TPSA) is 164 Å². The number of hydrogen-bond acceptors (Lipinski definition) is 10. The number of nitrogens with zero attached hydrogens (tertiary/aromatic N) is 8. The monoisotopic (exact) mass is 743 g/mol. The fourth-order valence-corrected chi connectivity index (χ4v) is 6.42. The van der Waals surface area contributed by atoms with Gasteiger partial charge in [-0.05, 0) is 50.2 Å². The normalized spacial score (nSPS) is 15.5. The van der Waals surface area contributed by atoms with Crippen LogP contribution < -0.4 is 16.0 Å². The van der Waals surface area contributed by atoms with E-state index in [0.29, 0.717) is 45.1 Å². The van der Waals surface area contributed by atoms with Crippen LogP contribution in [0.25, 0.3) is 17.2 Å². The van der Waals surface area contributed by atoms with E-state index < -0.39 is 17.8 Å². The van der Waals surface area contributed by atoms with Crippen molar-refractivity contribution in [3.05, 3.63) is 65.0 Å². The SMILES string of the molecule is COCCNc1ccnc(-n2cc(-c3cnc(C(=O)Nc4ccc(C(=O)N5CCN(C(=O)C6CCNCC6)CC5)c(Cl)c4)n3C)c(C(F)(F)F)n2)n1. The molecule has 3 amide bonds. The molecule has 0 aliphatic carbocycles. The van der Waals surface area contributed by atoms with Gasteiger partial charge in [-0.3, -0.25) is 14.4 Å². The van der Waals surface area contributed by atoms with Gasteiger partial charge in [0.15, 0.2) is 11.5 Å². The molecule has 3 N–H and O–H groups in total. The van der Waals surface area contributed by atoms with Crippen molar-refractivity contribution >= 4 is 40.8 Å². The first-order valence-electron chi connectivity index (χ1n) is 16.6. The smallest absolute Gasteiger partial charge is 0.383 e. The first kappa shape index (κ1) is 36.7. The molecule has 0 bridgehead atoms. The number of rotatable bonds is 10. The number of amides is 3. The maximum Gasteiger partial charge on any atom is 0.435 e. The minimum absolute atomic E-state index is 0.00692. The van der Waals surface area contributed by atoms with Crippen LogP contribution in [0.2, 0.25) is 5.02 Å². The Morgan fingerprint density at radius 2 is 1.79 bits per heavy atom. The molecule has 19 heteroatoms. The van der Waals surface area contributed by atoms with E-state index in [1.165, 1.54) is 43.1 Å². The molecule has 52 heavy (non-hydrogen) atoms. The zero-order chi connectivity index (χ0) is 37.0. The van der Waals surface area contributed by atoms with Gasteiger partial charge < -0.3 is 35.1 Å². The Labute approximate surface area is 301 Å². The molecule has 1 aromatic carbocycles. The lowest BCUT2D eigenvalue weighted by atomic mass is 9.96. The van der Waals surface area contributed by atoms with Crippen LogP contribution in [0.3, 0.4) is 0 Å². The first-order chi connectivity index (χ1) is 24.9. The van der Waals surface area contributed by atoms with Gasteiger partial charge in [-0.2, -0.15) is 23.3 Å². The molecule has 2 aliphatic rings. The van der Waals surface area contributed by atoms with Crippen LogP contribution in [-0.2, 0) is 22.8 Å². The molecule has 276 valence electrons. The van der Waals surface area contributed by atoms with Crippen molar-refractivity contribution in [3.63, 3.8) is 0 Å². The van der Waals surface area contributed by atoms with Crippen LogP contribution in [0.1, 0.15) is 39.5 Å². The molecule has 3 aromatic heterocycles. The fraction of sp³-hybridized carbons (Fsp3) is 0.424. The van der Waals surface area contributed by atoms with Crippen LogP contribution in [-0.4, -0.2) is 116 Å². The lowest BCUT2D eigenvalue weighted by molar-refractivity contribution is -0.141. The molecule has 0 saturated carbocycles. The van der Waals surface area contributed by atoms with E-state index in [1.54, 1.807) is 11.0 Å². The van der Waals surface area contributed by atoms with Crippen molar-refractivity contribution in [2.75, 3.05) is 70.2 Å². The average molecular weight is 744 g/mol. The second-order valence-corrected chi connectivity index (χ2v) is 12.7. The predicted molar refractivity (Wildman–Crippen MR) is 184 cm³/mol. The van der Waals surface area contributed by atoms with Crippen molar-refractivity contribution < 1.29 is 32.3 Å². The number of imidazole rings is 1. The highest BCUT2D eigenvalue weighted by molar-refractivity contribution is 6.34. The van der Waals surface area contributed by atoms with Crippen LogP contribution in [0.15, 0.2) is 42.9 Å². The third-order valence-electron chi connectivity index (χ3n) is 8.93. The minimum Gasteiger partial charge on any atom is -0.383 e. The van der Waals surface area contributed by atoms with Crippen LogP contribution in [0.5, 0.6) is 0 Å². The minimum atomic E-state index is -4.85. The van der Waals surface area contributed by atoms with Crippen LogP contribution in [0.4, 0.5) is 24.7 Å². The summed E-state index contributed by atoms with van der Waals surface area (Å²) in [4.78, 5) is 55.4. The summed E-state index contributed by atoms with van der Waals surface area (Å²) in [6.07, 6.45) is 0.412. The van der Waals surface area contributed by atoms with E-state index in [0.717, 1.165) is 43.0 Å². The fourth-order valence-electron chi connectivity index (χ4n) is 6.16. The number of anilines is 2. The number of aromatic nitrogens is 6. The summed E-state index contributed by atoms with van der Waals surface area (Å²) in [5.41, 5.74) is -1.12. The summed E-state index contributed by atoms with van der Waals surface area (Å²) in [7, 11) is 2.94. The zero-order valence-corrected chi connectivity index (χ0v) is 29.2. The summed E-state index contributed by atoms with van der Waals surface area (Å²) in [5.74, 6) is -0.822. The molecule has 0 unspecified atom stereocenters. The molecular weight excluding hydrogens is 707 g/mol. The van der Waals surface area contributed by atoms with Gasteiger partial charge in [-0.25, -0.2) is 14.6 Å². The molecule has 0 spiro atoms. The number of benzene rings is 1. The number of carbonyl (C=O) groups excluding carboxylic acids is 3. The van der Waals surface area contributed by atoms with Crippen molar-refractivity contribution in [3.8, 4) is 17.2 Å². The zero-order valence-electron chi connectivity index (χ0n) is 28.4. The van der Waals surface area contributed by atoms with E-state index >= 15 is 0 Å². The molecular formula is C33H37ClF3N11O4. The lowest BCUT2D eigenvalue weighted by Crippen LogP contribution is -2.52. The van der Waals surface area contributed by atoms with Gasteiger partial charge >= 0.3 is 6.18 Å². The summed E-state index contributed by atoms with van der Waals surface area (Å²) in [5, 5.41) is 12.7. The number of carbonyl (C=O) groups is 3. The number of hydrogen-bond donors (Lipinski definition) is 3. The Kier molecular flexibility index (Phi) is 11.1. The van der Waals surface area contributed by atoms with Crippen molar-refractivity contribution in [1.82, 2.24) is 44.4 Å². The quantitative estimate of drug-likeness (QED) is 0.205. The number of ether oxygens (including phenoxy) is 1. The predicted octanol–water partition coefficient (Wildman–Crippen LogP) is 3.33. The Balaban J connectivity index is 1.13. The van der Waals surface area contributed by atoms with E-state index in [9.17, 15) is 27.6 Å². The standard InChI is InChI=1S/C33H37ClF3N11O4/c1-45-25(23-19-48(44-27(23)33(35,36)37)32-40-10-7-26(43-32)39-11-16-52-2)18-41-28(45)29(49)42-21-3-4-22(24(34)17-21)31(51)47-14-12-46(13-15-47)30(50)20-5-8-38-9-6-20/h3-4,7,10,17-20,38H,5-6,8-9,11-16H2,1-2H3,(H,42,49)(H,39,40,43). The van der Waals surface area contributed by atoms with E-state index in [4.69, 9.17) is 16.3 Å². The molecule has 5 heterocycles. The molecule has 15 nitrogen and oxygen atoms in total. The number of methoxy groups -OCH3 is 1. The molecule has 2 fully saturated rings. The van der Waals surface area contributed by atoms with Crippen molar-refractivity contribution in [2.24, 2.45) is 13.0 Å². The number of nitrogens with one attached hydrogen (secondary N) is 3. The van der Waals surface area contributed by atoms with Gasteiger partial charge in [0.25, 0.3) is 17.8 Å². The van der Waals surface area contributed by atoms with Gasteiger partial charge in [0.2, 0.25) is 5.91 Å². The summed E-state index contributed by atoms with van der Waals surface area (Å²) < 4.78 is 49.7. The number of halogens is 4. The number of piperidine rings is 1. The van der Waals surface area contributed by atoms with E-state index in [2.05, 4.69) is 36.0 Å². The summed E-state index contributed by atoms with van der Waals surface area (Å²) in [6, 6.07) is 5.96. The average Bonchev–Trinajstić information content (AvgIpc) is 3.76. The van der Waals surface area contributed by atoms with E-state index in [1.807, 2.05) is 4.90 Å². The van der Waals surface area contributed by atoms with Gasteiger partial charge in [0.1, 0.15) is 5.82 Å². The molecule has 6 rings (SSSR count). The largest absolute Gasteiger partial charge is 0.435 e. The van der Waals surface area contributed by atoms with Gasteiger partial charge in [-0.1, -0.05) is 11.6 Å². The molecule has 0 radical (unpaired) electrons. The highest BCUT2D eigenvalue weighted by Crippen LogP contribution is 2.37. The van der Waals surface area contributed by atoms with Gasteiger partial charge in [-0.15, -0.1) is 0 Å². The maximum atomic E-state index is 14.2. The Bertz CT molecular complexity index is 1940. The highest BCUT2D eigenvalue weighted by Gasteiger charge is 2.39. The number of piperazine rings is 1. The Morgan fingerprint density at radius 1 is 1.06 bits per heavy atom. The van der Waals surface area contributed by atoms with E-state index in [-0.39, 0.29) is 57.0 Å². The third kappa shape index (κ3) is 8.03. The summed E-state index contributed by atoms with van der Waals surface area (Å²) >= 11 is 6.50. The number of alkyl halides is 3. The molecule has 4 aromatic rings. The maximum absolute atomic E-state index is 14.2. The van der Waals surface area contributed by atoms with Crippen molar-refractivity contribution in [1.29, 1.82) is 0 Å². The summed E-state index contributed by atoms with van der Waals surface area (Å²) in [6.45, 7) is 4.06. The van der Waals surface area contributed by atoms with Crippen LogP contribution >= 0.6 is 11.6 Å². The second kappa shape index (κ2) is 15.7.